The predicted octanol–water partition coefficient (Wildman–Crippen LogP) is 3.70. The lowest BCUT2D eigenvalue weighted by Gasteiger charge is -2.11. The van der Waals surface area contributed by atoms with Crippen LogP contribution in [0.25, 0.3) is 5.69 Å². The molecule has 1 atom stereocenters. The molecule has 0 aliphatic carbocycles. The number of aromatic nitrogens is 2. The number of nitriles is 1. The minimum atomic E-state index is -1.47. The summed E-state index contributed by atoms with van der Waals surface area (Å²) in [6.45, 7) is 3.69. The number of nitrogens with zero attached hydrogens (tertiary/aromatic N) is 3. The Balaban J connectivity index is 1.98. The van der Waals surface area contributed by atoms with Crippen LogP contribution >= 0.6 is 0 Å². The third-order valence-corrected chi connectivity index (χ3v) is 4.64. The molecule has 0 amide bonds. The van der Waals surface area contributed by atoms with Gasteiger partial charge in [0.2, 0.25) is 0 Å². The SMILES string of the molecule is COc1ccccc1C(=O)[C@H](C#N)C(=O)c1cnn(-c2ccccc2C)c1C. The van der Waals surface area contributed by atoms with E-state index in [1.165, 1.54) is 13.3 Å². The standard InChI is InChI=1S/C22H19N3O3/c1-14-8-4-6-10-19(14)25-15(2)18(13-24-25)22(27)17(12-23)21(26)16-9-5-7-11-20(16)28-3/h4-11,13,17H,1-3H3/t17-/m0/s1. The van der Waals surface area contributed by atoms with Crippen LogP contribution in [-0.2, 0) is 0 Å². The van der Waals surface area contributed by atoms with Crippen molar-refractivity contribution in [3.05, 3.63) is 77.1 Å². The van der Waals surface area contributed by atoms with Crippen LogP contribution in [0.4, 0.5) is 0 Å². The van der Waals surface area contributed by atoms with Crippen molar-refractivity contribution in [3.8, 4) is 17.5 Å². The number of hydrogen-bond acceptors (Lipinski definition) is 5. The molecule has 0 saturated carbocycles. The summed E-state index contributed by atoms with van der Waals surface area (Å²) in [5, 5.41) is 13.9. The molecule has 0 fully saturated rings. The van der Waals surface area contributed by atoms with E-state index in [9.17, 15) is 14.9 Å². The molecular weight excluding hydrogens is 354 g/mol. The maximum Gasteiger partial charge on any atom is 0.191 e. The number of carbonyl (C=O) groups is 2. The van der Waals surface area contributed by atoms with Gasteiger partial charge in [-0.1, -0.05) is 30.3 Å². The molecule has 0 N–H and O–H groups in total. The Hall–Kier alpha value is -3.72. The van der Waals surface area contributed by atoms with Gasteiger partial charge in [0.15, 0.2) is 17.5 Å². The highest BCUT2D eigenvalue weighted by atomic mass is 16.5. The summed E-state index contributed by atoms with van der Waals surface area (Å²) < 4.78 is 6.83. The van der Waals surface area contributed by atoms with Crippen LogP contribution in [0, 0.1) is 31.1 Å². The first kappa shape index (κ1) is 19.1. The van der Waals surface area contributed by atoms with Crippen LogP contribution in [0.3, 0.4) is 0 Å². The van der Waals surface area contributed by atoms with Gasteiger partial charge in [-0.15, -0.1) is 0 Å². The molecule has 1 aromatic heterocycles. The zero-order valence-electron chi connectivity index (χ0n) is 15.8. The molecular formula is C22H19N3O3. The van der Waals surface area contributed by atoms with E-state index in [-0.39, 0.29) is 11.1 Å². The summed E-state index contributed by atoms with van der Waals surface area (Å²) in [6, 6.07) is 16.0. The molecule has 6 heteroatoms. The van der Waals surface area contributed by atoms with Gasteiger partial charge in [0.05, 0.1) is 41.9 Å². The number of methoxy groups -OCH3 is 1. The Morgan fingerprint density at radius 3 is 2.36 bits per heavy atom. The Labute approximate surface area is 163 Å². The molecule has 3 aromatic rings. The summed E-state index contributed by atoms with van der Waals surface area (Å²) >= 11 is 0. The molecule has 28 heavy (non-hydrogen) atoms. The van der Waals surface area contributed by atoms with Crippen LogP contribution in [0.2, 0.25) is 0 Å². The lowest BCUT2D eigenvalue weighted by Crippen LogP contribution is -2.24. The molecule has 140 valence electrons. The Kier molecular flexibility index (Phi) is 5.37. The zero-order chi connectivity index (χ0) is 20.3. The number of aryl methyl sites for hydroxylation is 1. The third kappa shape index (κ3) is 3.30. The van der Waals surface area contributed by atoms with Gasteiger partial charge in [0.25, 0.3) is 0 Å². The fraction of sp³-hybridized carbons (Fsp3) is 0.182. The maximum absolute atomic E-state index is 13.0. The number of carbonyl (C=O) groups excluding carboxylic acids is 2. The van der Waals surface area contributed by atoms with Gasteiger partial charge in [-0.3, -0.25) is 9.59 Å². The van der Waals surface area contributed by atoms with Gasteiger partial charge in [-0.25, -0.2) is 4.68 Å². The highest BCUT2D eigenvalue weighted by Crippen LogP contribution is 2.25. The second-order valence-corrected chi connectivity index (χ2v) is 6.33. The van der Waals surface area contributed by atoms with E-state index < -0.39 is 17.5 Å². The van der Waals surface area contributed by atoms with Crippen molar-refractivity contribution in [1.29, 1.82) is 5.26 Å². The van der Waals surface area contributed by atoms with E-state index in [1.807, 2.05) is 37.3 Å². The van der Waals surface area contributed by atoms with Crippen molar-refractivity contribution >= 4 is 11.6 Å². The van der Waals surface area contributed by atoms with E-state index in [4.69, 9.17) is 4.74 Å². The topological polar surface area (TPSA) is 85.0 Å². The highest BCUT2D eigenvalue weighted by molar-refractivity contribution is 6.19. The molecule has 6 nitrogen and oxygen atoms in total. The number of Topliss-reactive ketones (excluding diaryl/α,β-unsaturated/α-hetero) is 2. The summed E-state index contributed by atoms with van der Waals surface area (Å²) in [6.07, 6.45) is 1.41. The van der Waals surface area contributed by atoms with Crippen molar-refractivity contribution in [2.45, 2.75) is 13.8 Å². The highest BCUT2D eigenvalue weighted by Gasteiger charge is 2.32. The van der Waals surface area contributed by atoms with Gasteiger partial charge in [-0.2, -0.15) is 10.4 Å². The number of ether oxygens (including phenoxy) is 1. The quantitative estimate of drug-likeness (QED) is 0.486. The average Bonchev–Trinajstić information content (AvgIpc) is 3.09. The monoisotopic (exact) mass is 373 g/mol. The van der Waals surface area contributed by atoms with Crippen LogP contribution < -0.4 is 4.74 Å². The summed E-state index contributed by atoms with van der Waals surface area (Å²) in [7, 11) is 1.44. The van der Waals surface area contributed by atoms with Gasteiger partial charge < -0.3 is 4.74 Å². The number of rotatable bonds is 6. The molecule has 0 bridgehead atoms. The van der Waals surface area contributed by atoms with E-state index in [0.29, 0.717) is 11.4 Å². The molecule has 0 aliphatic heterocycles. The number of para-hydroxylation sites is 2. The first-order valence-corrected chi connectivity index (χ1v) is 8.71. The zero-order valence-corrected chi connectivity index (χ0v) is 15.8. The van der Waals surface area contributed by atoms with Crippen molar-refractivity contribution in [2.75, 3.05) is 7.11 Å². The predicted molar refractivity (Wildman–Crippen MR) is 104 cm³/mol. The fourth-order valence-electron chi connectivity index (χ4n) is 3.09. The molecule has 1 heterocycles. The maximum atomic E-state index is 13.0. The number of hydrogen-bond donors (Lipinski definition) is 0. The first-order chi connectivity index (χ1) is 13.5. The van der Waals surface area contributed by atoms with Crippen LogP contribution in [0.15, 0.2) is 54.7 Å². The van der Waals surface area contributed by atoms with Crippen molar-refractivity contribution < 1.29 is 14.3 Å². The lowest BCUT2D eigenvalue weighted by atomic mass is 9.91. The molecule has 0 unspecified atom stereocenters. The molecule has 3 rings (SSSR count). The minimum Gasteiger partial charge on any atom is -0.496 e. The molecule has 0 spiro atoms. The normalized spacial score (nSPS) is 11.5. The fourth-order valence-corrected chi connectivity index (χ4v) is 3.09. The van der Waals surface area contributed by atoms with Gasteiger partial charge in [0, 0.05) is 0 Å². The number of benzene rings is 2. The smallest absolute Gasteiger partial charge is 0.191 e. The molecule has 2 aromatic carbocycles. The molecule has 0 radical (unpaired) electrons. The van der Waals surface area contributed by atoms with Gasteiger partial charge >= 0.3 is 0 Å². The summed E-state index contributed by atoms with van der Waals surface area (Å²) in [5.41, 5.74) is 2.86. The van der Waals surface area contributed by atoms with Crippen molar-refractivity contribution in [3.63, 3.8) is 0 Å². The molecule has 0 saturated heterocycles. The van der Waals surface area contributed by atoms with E-state index in [1.54, 1.807) is 35.9 Å². The Morgan fingerprint density at radius 1 is 1.04 bits per heavy atom. The Morgan fingerprint density at radius 2 is 1.68 bits per heavy atom. The van der Waals surface area contributed by atoms with Crippen LogP contribution in [0.5, 0.6) is 5.75 Å². The summed E-state index contributed by atoms with van der Waals surface area (Å²) in [4.78, 5) is 25.9. The lowest BCUT2D eigenvalue weighted by molar-refractivity contribution is 0.0844. The third-order valence-electron chi connectivity index (χ3n) is 4.64. The first-order valence-electron chi connectivity index (χ1n) is 8.71. The van der Waals surface area contributed by atoms with Gasteiger partial charge in [0.1, 0.15) is 5.75 Å². The minimum absolute atomic E-state index is 0.203. The molecule has 0 aliphatic rings. The average molecular weight is 373 g/mol. The van der Waals surface area contributed by atoms with Crippen LogP contribution in [0.1, 0.15) is 32.0 Å². The second kappa shape index (κ2) is 7.89. The summed E-state index contributed by atoms with van der Waals surface area (Å²) in [5.74, 6) is -2.30. The largest absolute Gasteiger partial charge is 0.496 e. The Bertz CT molecular complexity index is 1090. The van der Waals surface area contributed by atoms with Crippen molar-refractivity contribution in [2.24, 2.45) is 5.92 Å². The van der Waals surface area contributed by atoms with Gasteiger partial charge in [-0.05, 0) is 37.6 Å². The number of ketones is 2. The van der Waals surface area contributed by atoms with Crippen LogP contribution in [-0.4, -0.2) is 28.5 Å². The van der Waals surface area contributed by atoms with E-state index >= 15 is 0 Å². The van der Waals surface area contributed by atoms with E-state index in [2.05, 4.69) is 5.10 Å². The van der Waals surface area contributed by atoms with E-state index in [0.717, 1.165) is 11.3 Å². The van der Waals surface area contributed by atoms with Crippen molar-refractivity contribution in [1.82, 2.24) is 9.78 Å². The second-order valence-electron chi connectivity index (χ2n) is 6.33.